The van der Waals surface area contributed by atoms with Crippen LogP contribution < -0.4 is 5.73 Å². The molecule has 2 aromatic carbocycles. The van der Waals surface area contributed by atoms with E-state index >= 15 is 0 Å². The van der Waals surface area contributed by atoms with Crippen molar-refractivity contribution in [3.63, 3.8) is 0 Å². The van der Waals surface area contributed by atoms with E-state index in [1.54, 1.807) is 0 Å². The van der Waals surface area contributed by atoms with Crippen molar-refractivity contribution >= 4 is 0 Å². The first kappa shape index (κ1) is 14.8. The third-order valence-electron chi connectivity index (χ3n) is 4.07. The van der Waals surface area contributed by atoms with Gasteiger partial charge in [0.1, 0.15) is 0 Å². The molecule has 2 N–H and O–H groups in total. The Labute approximate surface area is 122 Å². The fraction of sp³-hybridized carbons (Fsp3) is 0.368. The van der Waals surface area contributed by atoms with Gasteiger partial charge < -0.3 is 5.73 Å². The normalized spacial score (nSPS) is 14.1. The predicted molar refractivity (Wildman–Crippen MR) is 87.1 cm³/mol. The quantitative estimate of drug-likeness (QED) is 0.879. The molecule has 2 aromatic rings. The molecule has 1 unspecified atom stereocenters. The summed E-state index contributed by atoms with van der Waals surface area (Å²) in [5.74, 6) is 0. The molecule has 0 saturated carbocycles. The summed E-state index contributed by atoms with van der Waals surface area (Å²) in [6.07, 6.45) is 0.866. The smallest absolute Gasteiger partial charge is 0.0424 e. The first-order valence-electron chi connectivity index (χ1n) is 7.22. The number of aryl methyl sites for hydroxylation is 4. The number of hydrogen-bond donors (Lipinski definition) is 1. The maximum absolute atomic E-state index is 6.66. The van der Waals surface area contributed by atoms with Gasteiger partial charge in [-0.15, -0.1) is 0 Å². The van der Waals surface area contributed by atoms with Crippen LogP contribution in [-0.2, 0) is 12.0 Å². The molecule has 0 aliphatic rings. The number of benzene rings is 2. The molecule has 0 spiro atoms. The zero-order valence-electron chi connectivity index (χ0n) is 13.2. The van der Waals surface area contributed by atoms with Crippen molar-refractivity contribution in [3.8, 4) is 0 Å². The summed E-state index contributed by atoms with van der Waals surface area (Å²) in [5.41, 5.74) is 14.1. The summed E-state index contributed by atoms with van der Waals surface area (Å²) >= 11 is 0. The van der Waals surface area contributed by atoms with E-state index < -0.39 is 0 Å². The van der Waals surface area contributed by atoms with E-state index in [1.807, 2.05) is 0 Å². The van der Waals surface area contributed by atoms with E-state index in [2.05, 4.69) is 71.0 Å². The molecule has 0 fully saturated rings. The van der Waals surface area contributed by atoms with Gasteiger partial charge in [0.15, 0.2) is 0 Å². The van der Waals surface area contributed by atoms with Crippen LogP contribution in [0.3, 0.4) is 0 Å². The summed E-state index contributed by atoms with van der Waals surface area (Å²) in [7, 11) is 0. The van der Waals surface area contributed by atoms with Gasteiger partial charge in [0.25, 0.3) is 0 Å². The second-order valence-corrected chi connectivity index (χ2v) is 6.34. The molecule has 0 radical (unpaired) electrons. The largest absolute Gasteiger partial charge is 0.321 e. The second kappa shape index (κ2) is 5.41. The van der Waals surface area contributed by atoms with Crippen LogP contribution >= 0.6 is 0 Å². The van der Waals surface area contributed by atoms with Crippen LogP contribution in [0.25, 0.3) is 0 Å². The molecule has 0 amide bonds. The SMILES string of the molecule is Cc1ccc(C)c(CC(C)(N)c2cc(C)ccc2C)c1. The predicted octanol–water partition coefficient (Wildman–Crippen LogP) is 4.34. The molecule has 0 heterocycles. The standard InChI is InChI=1S/C19H25N/c1-13-6-8-15(3)17(10-13)12-19(5,20)18-11-14(2)7-9-16(18)4/h6-11H,12,20H2,1-5H3. The molecule has 1 atom stereocenters. The number of hydrogen-bond acceptors (Lipinski definition) is 1. The maximum atomic E-state index is 6.66. The van der Waals surface area contributed by atoms with Gasteiger partial charge in [-0.25, -0.2) is 0 Å². The molecule has 1 nitrogen and oxygen atoms in total. The highest BCUT2D eigenvalue weighted by Gasteiger charge is 2.24. The topological polar surface area (TPSA) is 26.0 Å². The molecule has 0 aliphatic carbocycles. The van der Waals surface area contributed by atoms with Crippen molar-refractivity contribution in [2.45, 2.75) is 46.6 Å². The number of nitrogens with two attached hydrogens (primary N) is 1. The minimum absolute atomic E-state index is 0.339. The molecule has 0 aromatic heterocycles. The third-order valence-corrected chi connectivity index (χ3v) is 4.07. The fourth-order valence-corrected chi connectivity index (χ4v) is 2.83. The zero-order chi connectivity index (χ0) is 14.9. The molecule has 2 rings (SSSR count). The van der Waals surface area contributed by atoms with Crippen molar-refractivity contribution in [1.29, 1.82) is 0 Å². The lowest BCUT2D eigenvalue weighted by atomic mass is 9.82. The minimum atomic E-state index is -0.339. The van der Waals surface area contributed by atoms with Gasteiger partial charge in [-0.05, 0) is 63.3 Å². The van der Waals surface area contributed by atoms with Gasteiger partial charge in [0.2, 0.25) is 0 Å². The summed E-state index contributed by atoms with van der Waals surface area (Å²) in [4.78, 5) is 0. The molecule has 106 valence electrons. The van der Waals surface area contributed by atoms with Gasteiger partial charge in [-0.1, -0.05) is 47.5 Å². The Morgan fingerprint density at radius 2 is 1.40 bits per heavy atom. The molecule has 0 aliphatic heterocycles. The van der Waals surface area contributed by atoms with E-state index in [-0.39, 0.29) is 5.54 Å². The van der Waals surface area contributed by atoms with Crippen LogP contribution in [0.4, 0.5) is 0 Å². The van der Waals surface area contributed by atoms with Gasteiger partial charge in [-0.3, -0.25) is 0 Å². The van der Waals surface area contributed by atoms with Gasteiger partial charge in [0, 0.05) is 5.54 Å². The highest BCUT2D eigenvalue weighted by molar-refractivity contribution is 5.39. The highest BCUT2D eigenvalue weighted by Crippen LogP contribution is 2.28. The fourth-order valence-electron chi connectivity index (χ4n) is 2.83. The molecular formula is C19H25N. The third kappa shape index (κ3) is 3.10. The Balaban J connectivity index is 2.40. The lowest BCUT2D eigenvalue weighted by molar-refractivity contribution is 0.487. The Morgan fingerprint density at radius 3 is 2.05 bits per heavy atom. The Hall–Kier alpha value is -1.60. The van der Waals surface area contributed by atoms with Crippen molar-refractivity contribution in [2.75, 3.05) is 0 Å². The van der Waals surface area contributed by atoms with E-state index in [9.17, 15) is 0 Å². The van der Waals surface area contributed by atoms with Gasteiger partial charge in [0.05, 0.1) is 0 Å². The summed E-state index contributed by atoms with van der Waals surface area (Å²) in [5, 5.41) is 0. The first-order chi connectivity index (χ1) is 9.29. The molecule has 20 heavy (non-hydrogen) atoms. The average molecular weight is 267 g/mol. The van der Waals surface area contributed by atoms with Crippen LogP contribution in [0, 0.1) is 27.7 Å². The van der Waals surface area contributed by atoms with E-state index in [1.165, 1.54) is 33.4 Å². The van der Waals surface area contributed by atoms with Gasteiger partial charge in [-0.2, -0.15) is 0 Å². The second-order valence-electron chi connectivity index (χ2n) is 6.34. The minimum Gasteiger partial charge on any atom is -0.321 e. The van der Waals surface area contributed by atoms with Crippen molar-refractivity contribution < 1.29 is 0 Å². The van der Waals surface area contributed by atoms with E-state index in [0.717, 1.165) is 6.42 Å². The van der Waals surface area contributed by atoms with Crippen LogP contribution in [0.2, 0.25) is 0 Å². The lowest BCUT2D eigenvalue weighted by Crippen LogP contribution is -2.36. The maximum Gasteiger partial charge on any atom is 0.0424 e. The van der Waals surface area contributed by atoms with Gasteiger partial charge >= 0.3 is 0 Å². The highest BCUT2D eigenvalue weighted by atomic mass is 14.7. The van der Waals surface area contributed by atoms with Crippen LogP contribution in [0.5, 0.6) is 0 Å². The van der Waals surface area contributed by atoms with Crippen LogP contribution in [0.1, 0.15) is 40.3 Å². The number of rotatable bonds is 3. The van der Waals surface area contributed by atoms with Crippen molar-refractivity contribution in [1.82, 2.24) is 0 Å². The molecule has 0 bridgehead atoms. The summed E-state index contributed by atoms with van der Waals surface area (Å²) < 4.78 is 0. The van der Waals surface area contributed by atoms with Crippen molar-refractivity contribution in [2.24, 2.45) is 5.73 Å². The van der Waals surface area contributed by atoms with Crippen LogP contribution in [0.15, 0.2) is 36.4 Å². The Bertz CT molecular complexity index is 624. The molecule has 0 saturated heterocycles. The average Bonchev–Trinajstić information content (AvgIpc) is 2.36. The first-order valence-corrected chi connectivity index (χ1v) is 7.22. The van der Waals surface area contributed by atoms with Crippen LogP contribution in [-0.4, -0.2) is 0 Å². The Kier molecular flexibility index (Phi) is 4.01. The molecular weight excluding hydrogens is 242 g/mol. The summed E-state index contributed by atoms with van der Waals surface area (Å²) in [6, 6.07) is 13.1. The van der Waals surface area contributed by atoms with E-state index in [4.69, 9.17) is 5.73 Å². The summed E-state index contributed by atoms with van der Waals surface area (Å²) in [6.45, 7) is 10.7. The molecule has 1 heteroatoms. The lowest BCUT2D eigenvalue weighted by Gasteiger charge is -2.28. The van der Waals surface area contributed by atoms with Crippen molar-refractivity contribution in [3.05, 3.63) is 69.8 Å². The monoisotopic (exact) mass is 267 g/mol. The zero-order valence-corrected chi connectivity index (χ0v) is 13.2. The Morgan fingerprint density at radius 1 is 0.850 bits per heavy atom. The van der Waals surface area contributed by atoms with E-state index in [0.29, 0.717) is 0 Å².